The first-order valence-corrected chi connectivity index (χ1v) is 15.9. The maximum Gasteiger partial charge on any atom is 0.338 e. The molecule has 4 heterocycles. The number of benzene rings is 2. The lowest BCUT2D eigenvalue weighted by Crippen LogP contribution is -2.32. The zero-order chi connectivity index (χ0) is 31.1. The molecule has 0 unspecified atom stereocenters. The zero-order valence-corrected chi connectivity index (χ0v) is 25.3. The fraction of sp³-hybridized carbons (Fsp3) is 0.207. The van der Waals surface area contributed by atoms with Gasteiger partial charge in [-0.25, -0.2) is 9.69 Å². The van der Waals surface area contributed by atoms with E-state index in [-0.39, 0.29) is 24.5 Å². The van der Waals surface area contributed by atoms with E-state index in [4.69, 9.17) is 4.74 Å². The number of nitro groups is 1. The third-order valence-corrected chi connectivity index (χ3v) is 10.8. The Morgan fingerprint density at radius 2 is 1.75 bits per heavy atom. The summed E-state index contributed by atoms with van der Waals surface area (Å²) in [5, 5.41) is 15.3. The second-order valence-electron chi connectivity index (χ2n) is 9.81. The summed E-state index contributed by atoms with van der Waals surface area (Å²) >= 11 is 3.42. The van der Waals surface area contributed by atoms with Gasteiger partial charge in [-0.05, 0) is 54.8 Å². The lowest BCUT2D eigenvalue weighted by atomic mass is 9.87. The number of thiazole rings is 1. The van der Waals surface area contributed by atoms with Crippen LogP contribution in [0.15, 0.2) is 75.9 Å². The number of imide groups is 1. The number of thioether (sulfide) groups is 1. The number of nitro benzene ring substituents is 1. The molecule has 3 amide bonds. The molecule has 1 N–H and O–H groups in total. The molecule has 0 spiro atoms. The van der Waals surface area contributed by atoms with Crippen LogP contribution in [0.4, 0.5) is 17.1 Å². The van der Waals surface area contributed by atoms with Crippen molar-refractivity contribution in [2.45, 2.75) is 29.7 Å². The van der Waals surface area contributed by atoms with Crippen molar-refractivity contribution in [3.8, 4) is 0 Å². The highest BCUT2D eigenvalue weighted by Crippen LogP contribution is 2.54. The summed E-state index contributed by atoms with van der Waals surface area (Å²) in [7, 11) is 0. The maximum atomic E-state index is 13.8. The van der Waals surface area contributed by atoms with Gasteiger partial charge in [0.15, 0.2) is 0 Å². The second kappa shape index (κ2) is 11.8. The van der Waals surface area contributed by atoms with Gasteiger partial charge < -0.3 is 10.1 Å². The molecule has 0 radical (unpaired) electrons. The Bertz CT molecular complexity index is 1850. The number of nitrogens with zero attached hydrogens (tertiary/aromatic N) is 3. The molecule has 1 fully saturated rings. The summed E-state index contributed by atoms with van der Waals surface area (Å²) < 4.78 is 6.29. The Hall–Kier alpha value is -4.60. The molecular formula is C29H22N4O8S3. The molecule has 44 heavy (non-hydrogen) atoms. The van der Waals surface area contributed by atoms with E-state index in [2.05, 4.69) is 5.32 Å². The molecule has 224 valence electrons. The lowest BCUT2D eigenvalue weighted by Gasteiger charge is -2.29. The first kappa shape index (κ1) is 29.5. The Kier molecular flexibility index (Phi) is 7.92. The van der Waals surface area contributed by atoms with E-state index in [1.807, 2.05) is 17.5 Å². The number of anilines is 2. The van der Waals surface area contributed by atoms with Crippen molar-refractivity contribution < 1.29 is 28.8 Å². The number of rotatable bonds is 8. The number of amides is 3. The minimum absolute atomic E-state index is 0.171. The number of fused-ring (bicyclic) bond motifs is 2. The largest absolute Gasteiger partial charge is 0.462 e. The van der Waals surface area contributed by atoms with Gasteiger partial charge in [0.25, 0.3) is 5.69 Å². The molecule has 1 saturated heterocycles. The number of thiophene rings is 1. The minimum atomic E-state index is -0.879. The van der Waals surface area contributed by atoms with Crippen LogP contribution in [0, 0.1) is 16.0 Å². The van der Waals surface area contributed by atoms with Crippen LogP contribution in [0.1, 0.15) is 33.0 Å². The minimum Gasteiger partial charge on any atom is -0.462 e. The molecular weight excluding hydrogens is 629 g/mol. The van der Waals surface area contributed by atoms with Gasteiger partial charge in [-0.2, -0.15) is 0 Å². The first-order chi connectivity index (χ1) is 21.2. The highest BCUT2D eigenvalue weighted by atomic mass is 32.2. The number of carbonyl (C=O) groups excluding carboxylic acids is 4. The van der Waals surface area contributed by atoms with Gasteiger partial charge in [0.05, 0.1) is 33.7 Å². The molecule has 0 bridgehead atoms. The number of carbonyl (C=O) groups is 4. The van der Waals surface area contributed by atoms with Gasteiger partial charge in [-0.1, -0.05) is 29.2 Å². The highest BCUT2D eigenvalue weighted by Gasteiger charge is 2.57. The predicted octanol–water partition coefficient (Wildman–Crippen LogP) is 4.49. The van der Waals surface area contributed by atoms with Crippen LogP contribution >= 0.6 is 34.4 Å². The van der Waals surface area contributed by atoms with E-state index in [1.54, 1.807) is 19.1 Å². The average molecular weight is 651 g/mol. The summed E-state index contributed by atoms with van der Waals surface area (Å²) in [4.78, 5) is 78.4. The molecule has 2 aliphatic rings. The monoisotopic (exact) mass is 650 g/mol. The van der Waals surface area contributed by atoms with Crippen LogP contribution in [-0.4, -0.2) is 45.0 Å². The van der Waals surface area contributed by atoms with Crippen molar-refractivity contribution in [1.29, 1.82) is 0 Å². The summed E-state index contributed by atoms with van der Waals surface area (Å²) in [6, 6.07) is 15.0. The standard InChI is InChI=1S/C29H22N4O8S3/c1-2-41-28(37)15-5-7-16(8-6-15)30-20(34)14-31-27-24(44-29(31)38)21(19-4-3-13-42-19)22-23(43-27)26(36)32(25(22)35)17-9-11-18(12-10-17)33(39)40/h3-13,21-23H,2,14H2,1H3,(H,30,34)/t21-,22+,23-/m0/s1. The third kappa shape index (κ3) is 5.22. The SMILES string of the molecule is CCOC(=O)c1ccc(NC(=O)Cn2c3c(sc2=O)[C@@H](c2cccs2)[C@H]2C(=O)N(c4ccc([N+](=O)[O-])cc4)C(=O)[C@H]2S3)cc1. The van der Waals surface area contributed by atoms with Gasteiger partial charge in [0.1, 0.15) is 11.8 Å². The second-order valence-corrected chi connectivity index (χ2v) is 12.9. The molecule has 0 aliphatic carbocycles. The van der Waals surface area contributed by atoms with Crippen LogP contribution < -0.4 is 15.1 Å². The van der Waals surface area contributed by atoms with Crippen molar-refractivity contribution in [1.82, 2.24) is 4.57 Å². The topological polar surface area (TPSA) is 158 Å². The van der Waals surface area contributed by atoms with E-state index in [0.717, 1.165) is 32.9 Å². The van der Waals surface area contributed by atoms with Crippen LogP contribution in [0.5, 0.6) is 0 Å². The molecule has 0 saturated carbocycles. The molecule has 15 heteroatoms. The summed E-state index contributed by atoms with van der Waals surface area (Å²) in [6.45, 7) is 1.60. The zero-order valence-electron chi connectivity index (χ0n) is 22.8. The Labute approximate surface area is 261 Å². The summed E-state index contributed by atoms with van der Waals surface area (Å²) in [5.41, 5.74) is 0.798. The number of non-ortho nitro benzene ring substituents is 1. The lowest BCUT2D eigenvalue weighted by molar-refractivity contribution is -0.384. The van der Waals surface area contributed by atoms with Gasteiger partial charge in [-0.15, -0.1) is 11.3 Å². The van der Waals surface area contributed by atoms with E-state index in [0.29, 0.717) is 21.2 Å². The number of ether oxygens (including phenoxy) is 1. The van der Waals surface area contributed by atoms with Crippen molar-refractivity contribution in [3.63, 3.8) is 0 Å². The number of nitrogens with one attached hydrogen (secondary N) is 1. The van der Waals surface area contributed by atoms with Crippen molar-refractivity contribution in [2.24, 2.45) is 5.92 Å². The third-order valence-electron chi connectivity index (χ3n) is 7.20. The molecule has 2 aromatic heterocycles. The molecule has 3 atom stereocenters. The fourth-order valence-electron chi connectivity index (χ4n) is 5.26. The Balaban J connectivity index is 1.30. The van der Waals surface area contributed by atoms with Crippen molar-refractivity contribution in [3.05, 3.63) is 101 Å². The van der Waals surface area contributed by atoms with E-state index < -0.39 is 50.6 Å². The van der Waals surface area contributed by atoms with Crippen molar-refractivity contribution >= 4 is 75.2 Å². The van der Waals surface area contributed by atoms with Crippen LogP contribution in [0.2, 0.25) is 0 Å². The summed E-state index contributed by atoms with van der Waals surface area (Å²) in [6.07, 6.45) is 0. The normalized spacial score (nSPS) is 18.9. The van der Waals surface area contributed by atoms with Gasteiger partial charge >= 0.3 is 10.8 Å². The van der Waals surface area contributed by atoms with E-state index in [9.17, 15) is 34.1 Å². The number of hydrogen-bond donors (Lipinski definition) is 1. The Morgan fingerprint density at radius 3 is 2.39 bits per heavy atom. The van der Waals surface area contributed by atoms with Crippen LogP contribution in [-0.2, 0) is 25.7 Å². The number of hydrogen-bond acceptors (Lipinski definition) is 11. The van der Waals surface area contributed by atoms with Gasteiger partial charge in [0.2, 0.25) is 17.7 Å². The van der Waals surface area contributed by atoms with Crippen LogP contribution in [0.3, 0.4) is 0 Å². The molecule has 2 aromatic carbocycles. The highest BCUT2D eigenvalue weighted by molar-refractivity contribution is 8.00. The molecule has 12 nitrogen and oxygen atoms in total. The van der Waals surface area contributed by atoms with Gasteiger partial charge in [0, 0.05) is 33.5 Å². The predicted molar refractivity (Wildman–Crippen MR) is 164 cm³/mol. The number of esters is 1. The first-order valence-electron chi connectivity index (χ1n) is 13.3. The number of aromatic nitrogens is 1. The van der Waals surface area contributed by atoms with Gasteiger partial charge in [-0.3, -0.25) is 33.9 Å². The smallest absolute Gasteiger partial charge is 0.338 e. The quantitative estimate of drug-likeness (QED) is 0.126. The Morgan fingerprint density at radius 1 is 1.02 bits per heavy atom. The van der Waals surface area contributed by atoms with E-state index in [1.165, 1.54) is 52.3 Å². The average Bonchev–Trinajstić information content (AvgIpc) is 3.70. The molecule has 6 rings (SSSR count). The fourth-order valence-corrected chi connectivity index (χ4v) is 8.98. The van der Waals surface area contributed by atoms with Crippen molar-refractivity contribution in [2.75, 3.05) is 16.8 Å². The molecule has 2 aliphatic heterocycles. The maximum absolute atomic E-state index is 13.8. The van der Waals surface area contributed by atoms with Crippen LogP contribution in [0.25, 0.3) is 0 Å². The molecule has 4 aromatic rings. The summed E-state index contributed by atoms with van der Waals surface area (Å²) in [5.74, 6) is -3.33. The van der Waals surface area contributed by atoms with E-state index >= 15 is 0 Å².